The van der Waals surface area contributed by atoms with Crippen LogP contribution in [0.5, 0.6) is 5.75 Å². The summed E-state index contributed by atoms with van der Waals surface area (Å²) in [5, 5.41) is 2.72. The summed E-state index contributed by atoms with van der Waals surface area (Å²) < 4.78 is 29.7. The minimum absolute atomic E-state index is 0.126. The standard InChI is InChI=1S/C22H20ClF2N5O2/c1-14-6-9-30(13-14)20-18(19-12-26-7-8-27-19)10-15(11-28-20)21(31)29-16-2-4-17(5-3-16)32-22(23,24)25/h2-5,7-8,10-12,14H,6,9,13H2,1H3,(H,29,31)/t14-/m1/s1. The highest BCUT2D eigenvalue weighted by Gasteiger charge is 2.27. The van der Waals surface area contributed by atoms with Gasteiger partial charge in [-0.1, -0.05) is 6.92 Å². The Balaban J connectivity index is 1.57. The fourth-order valence-electron chi connectivity index (χ4n) is 3.53. The smallest absolute Gasteiger partial charge is 0.420 e. The number of anilines is 2. The Labute approximate surface area is 188 Å². The number of rotatable bonds is 6. The average molecular weight is 460 g/mol. The fourth-order valence-corrected chi connectivity index (χ4v) is 3.62. The number of aromatic nitrogens is 3. The van der Waals surface area contributed by atoms with E-state index >= 15 is 0 Å². The fraction of sp³-hybridized carbons (Fsp3) is 0.273. The van der Waals surface area contributed by atoms with Gasteiger partial charge in [-0.3, -0.25) is 14.8 Å². The lowest BCUT2D eigenvalue weighted by molar-refractivity contribution is -0.0964. The van der Waals surface area contributed by atoms with Gasteiger partial charge >= 0.3 is 5.57 Å². The van der Waals surface area contributed by atoms with Gasteiger partial charge in [0.1, 0.15) is 11.6 Å². The van der Waals surface area contributed by atoms with Crippen molar-refractivity contribution in [1.29, 1.82) is 0 Å². The molecule has 0 spiro atoms. The number of amides is 1. The van der Waals surface area contributed by atoms with Crippen molar-refractivity contribution in [2.24, 2.45) is 5.92 Å². The van der Waals surface area contributed by atoms with E-state index in [1.54, 1.807) is 24.7 Å². The molecule has 1 atom stereocenters. The van der Waals surface area contributed by atoms with Gasteiger partial charge in [-0.2, -0.15) is 0 Å². The van der Waals surface area contributed by atoms with Crippen molar-refractivity contribution >= 4 is 29.0 Å². The Morgan fingerprint density at radius 3 is 2.62 bits per heavy atom. The van der Waals surface area contributed by atoms with E-state index in [2.05, 4.69) is 36.8 Å². The van der Waals surface area contributed by atoms with Crippen molar-refractivity contribution in [3.8, 4) is 17.0 Å². The first kappa shape index (κ1) is 21.9. The summed E-state index contributed by atoms with van der Waals surface area (Å²) in [6, 6.07) is 7.18. The van der Waals surface area contributed by atoms with Gasteiger partial charge in [0.25, 0.3) is 5.91 Å². The third-order valence-electron chi connectivity index (χ3n) is 5.04. The van der Waals surface area contributed by atoms with Crippen LogP contribution in [-0.4, -0.2) is 39.5 Å². The highest BCUT2D eigenvalue weighted by Crippen LogP contribution is 2.32. The van der Waals surface area contributed by atoms with Gasteiger partial charge < -0.3 is 15.0 Å². The summed E-state index contributed by atoms with van der Waals surface area (Å²) in [5.41, 5.74) is -1.74. The number of ether oxygens (including phenoxy) is 1. The first-order valence-electron chi connectivity index (χ1n) is 9.97. The van der Waals surface area contributed by atoms with Gasteiger partial charge in [-0.25, -0.2) is 4.98 Å². The van der Waals surface area contributed by atoms with Crippen LogP contribution >= 0.6 is 11.6 Å². The van der Waals surface area contributed by atoms with Gasteiger partial charge in [0.05, 0.1) is 17.5 Å². The van der Waals surface area contributed by atoms with E-state index in [1.807, 2.05) is 0 Å². The maximum absolute atomic E-state index is 12.8. The summed E-state index contributed by atoms with van der Waals surface area (Å²) in [6.07, 6.45) is 7.39. The van der Waals surface area contributed by atoms with Crippen molar-refractivity contribution in [2.75, 3.05) is 23.3 Å². The van der Waals surface area contributed by atoms with Crippen molar-refractivity contribution < 1.29 is 18.3 Å². The molecule has 166 valence electrons. The van der Waals surface area contributed by atoms with Crippen molar-refractivity contribution in [2.45, 2.75) is 18.9 Å². The van der Waals surface area contributed by atoms with Gasteiger partial charge in [0, 0.05) is 54.5 Å². The van der Waals surface area contributed by atoms with Gasteiger partial charge in [0.2, 0.25) is 0 Å². The van der Waals surface area contributed by atoms with Crippen molar-refractivity contribution in [3.63, 3.8) is 0 Å². The maximum atomic E-state index is 12.8. The molecule has 0 unspecified atom stereocenters. The molecule has 3 heterocycles. The maximum Gasteiger partial charge on any atom is 0.487 e. The predicted octanol–water partition coefficient (Wildman–Crippen LogP) is 4.81. The number of benzene rings is 1. The second-order valence-corrected chi connectivity index (χ2v) is 7.99. The largest absolute Gasteiger partial charge is 0.487 e. The van der Waals surface area contributed by atoms with Crippen LogP contribution in [0.3, 0.4) is 0 Å². The number of alkyl halides is 3. The molecular formula is C22H20ClF2N5O2. The normalized spacial score (nSPS) is 16.1. The second kappa shape index (κ2) is 9.04. The first-order valence-corrected chi connectivity index (χ1v) is 10.3. The molecule has 1 amide bonds. The molecule has 1 aliphatic heterocycles. The summed E-state index contributed by atoms with van der Waals surface area (Å²) >= 11 is 4.76. The second-order valence-electron chi connectivity index (χ2n) is 7.55. The highest BCUT2D eigenvalue weighted by molar-refractivity contribution is 6.20. The number of carbonyl (C=O) groups excluding carboxylic acids is 1. The van der Waals surface area contributed by atoms with E-state index in [1.165, 1.54) is 30.5 Å². The van der Waals surface area contributed by atoms with Gasteiger partial charge in [0.15, 0.2) is 0 Å². The molecule has 1 aromatic carbocycles. The number of nitrogens with zero attached hydrogens (tertiary/aromatic N) is 4. The molecule has 3 aromatic rings. The Morgan fingerprint density at radius 1 is 1.22 bits per heavy atom. The molecule has 32 heavy (non-hydrogen) atoms. The summed E-state index contributed by atoms with van der Waals surface area (Å²) in [6.45, 7) is 3.94. The lowest BCUT2D eigenvalue weighted by Crippen LogP contribution is -2.22. The summed E-state index contributed by atoms with van der Waals surface area (Å²) in [4.78, 5) is 28.1. The minimum Gasteiger partial charge on any atom is -0.420 e. The summed E-state index contributed by atoms with van der Waals surface area (Å²) in [7, 11) is 0. The number of pyridine rings is 1. The predicted molar refractivity (Wildman–Crippen MR) is 117 cm³/mol. The van der Waals surface area contributed by atoms with Crippen molar-refractivity contribution in [1.82, 2.24) is 15.0 Å². The molecule has 1 fully saturated rings. The lowest BCUT2D eigenvalue weighted by atomic mass is 10.1. The van der Waals surface area contributed by atoms with E-state index in [-0.39, 0.29) is 5.75 Å². The van der Waals surface area contributed by atoms with E-state index in [4.69, 9.17) is 11.6 Å². The van der Waals surface area contributed by atoms with Crippen LogP contribution in [0.4, 0.5) is 20.3 Å². The van der Waals surface area contributed by atoms with Gasteiger partial charge in [-0.15, -0.1) is 8.78 Å². The van der Waals surface area contributed by atoms with Gasteiger partial charge in [-0.05, 0) is 42.7 Å². The molecule has 1 aliphatic rings. The van der Waals surface area contributed by atoms with E-state index in [9.17, 15) is 13.6 Å². The van der Waals surface area contributed by atoms with E-state index in [0.29, 0.717) is 28.4 Å². The van der Waals surface area contributed by atoms with Crippen LogP contribution in [0.15, 0.2) is 55.1 Å². The quantitative estimate of drug-likeness (QED) is 0.533. The molecule has 2 aromatic heterocycles. The monoisotopic (exact) mass is 459 g/mol. The molecule has 0 bridgehead atoms. The molecule has 4 rings (SSSR count). The number of hydrogen-bond donors (Lipinski definition) is 1. The van der Waals surface area contributed by atoms with Crippen LogP contribution in [0.25, 0.3) is 11.3 Å². The third kappa shape index (κ3) is 5.28. The number of halogens is 3. The molecule has 0 aliphatic carbocycles. The van der Waals surface area contributed by atoms with E-state index in [0.717, 1.165) is 25.3 Å². The zero-order valence-corrected chi connectivity index (χ0v) is 17.9. The first-order chi connectivity index (χ1) is 15.3. The topological polar surface area (TPSA) is 80.2 Å². The van der Waals surface area contributed by atoms with Crippen molar-refractivity contribution in [3.05, 3.63) is 60.7 Å². The highest BCUT2D eigenvalue weighted by atomic mass is 35.5. The van der Waals surface area contributed by atoms with E-state index < -0.39 is 11.5 Å². The Morgan fingerprint density at radius 2 is 2.00 bits per heavy atom. The molecule has 10 heteroatoms. The molecule has 1 saturated heterocycles. The van der Waals surface area contributed by atoms with Crippen LogP contribution in [0, 0.1) is 5.92 Å². The SMILES string of the molecule is C[C@@H]1CCN(c2ncc(C(=O)Nc3ccc(OC(F)(F)Cl)cc3)cc2-c2cnccn2)C1. The van der Waals surface area contributed by atoms with Crippen LogP contribution in [-0.2, 0) is 0 Å². The zero-order chi connectivity index (χ0) is 22.7. The molecule has 0 radical (unpaired) electrons. The third-order valence-corrected chi connectivity index (χ3v) is 5.11. The van der Waals surface area contributed by atoms with Crippen LogP contribution in [0.1, 0.15) is 23.7 Å². The Bertz CT molecular complexity index is 1090. The number of carbonyl (C=O) groups is 1. The number of hydrogen-bond acceptors (Lipinski definition) is 6. The zero-order valence-electron chi connectivity index (χ0n) is 17.1. The van der Waals surface area contributed by atoms with Crippen LogP contribution < -0.4 is 15.0 Å². The summed E-state index contributed by atoms with van der Waals surface area (Å²) in [5.74, 6) is 0.786. The minimum atomic E-state index is -3.80. The molecule has 1 N–H and O–H groups in total. The molecular weight excluding hydrogens is 440 g/mol. The average Bonchev–Trinajstić information content (AvgIpc) is 3.20. The number of nitrogens with one attached hydrogen (secondary N) is 1. The Hall–Kier alpha value is -3.33. The Kier molecular flexibility index (Phi) is 6.18. The molecule has 0 saturated carbocycles. The lowest BCUT2D eigenvalue weighted by Gasteiger charge is -2.21. The van der Waals surface area contributed by atoms with Crippen LogP contribution in [0.2, 0.25) is 0 Å². The molecule has 7 nitrogen and oxygen atoms in total.